The Morgan fingerprint density at radius 1 is 0.941 bits per heavy atom. The van der Waals surface area contributed by atoms with Gasteiger partial charge in [-0.3, -0.25) is 19.6 Å². The van der Waals surface area contributed by atoms with E-state index in [1.54, 1.807) is 42.7 Å². The van der Waals surface area contributed by atoms with Crippen LogP contribution in [-0.2, 0) is 38.0 Å². The third-order valence-electron chi connectivity index (χ3n) is 11.1. The molecule has 4 aliphatic rings. The van der Waals surface area contributed by atoms with E-state index in [1.165, 1.54) is 26.2 Å². The van der Waals surface area contributed by atoms with Crippen LogP contribution in [0, 0.1) is 29.1 Å². The number of allylic oxidation sites excluding steroid dienone is 2. The number of nitrogens with zero attached hydrogens (tertiary/aromatic N) is 2. The summed E-state index contributed by atoms with van der Waals surface area (Å²) < 4.78 is 39.4. The van der Waals surface area contributed by atoms with Crippen molar-refractivity contribution >= 4 is 23.9 Å². The summed E-state index contributed by atoms with van der Waals surface area (Å²) in [7, 11) is 0. The number of carbonyl (C=O) groups is 4. The molecule has 11 atom stereocenters. The highest BCUT2D eigenvalue weighted by Gasteiger charge is 2.81. The van der Waals surface area contributed by atoms with Gasteiger partial charge in [0, 0.05) is 57.1 Å². The van der Waals surface area contributed by atoms with E-state index >= 15 is 0 Å². The molecule has 12 nitrogen and oxygen atoms in total. The van der Waals surface area contributed by atoms with Crippen molar-refractivity contribution in [3.05, 3.63) is 84.5 Å². The third-order valence-corrected chi connectivity index (χ3v) is 11.1. The second-order valence-corrected chi connectivity index (χ2v) is 14.5. The van der Waals surface area contributed by atoms with Crippen LogP contribution in [0.1, 0.15) is 75.1 Å². The molecule has 2 aromatic heterocycles. The van der Waals surface area contributed by atoms with Gasteiger partial charge >= 0.3 is 23.9 Å². The van der Waals surface area contributed by atoms with Crippen LogP contribution in [0.5, 0.6) is 0 Å². The van der Waals surface area contributed by atoms with E-state index in [0.29, 0.717) is 13.0 Å². The number of rotatable bonds is 10. The van der Waals surface area contributed by atoms with Crippen molar-refractivity contribution in [1.29, 1.82) is 0 Å². The highest BCUT2D eigenvalue weighted by atomic mass is 16.6. The summed E-state index contributed by atoms with van der Waals surface area (Å²) in [6, 6.07) is 6.45. The van der Waals surface area contributed by atoms with Crippen molar-refractivity contribution in [3.63, 3.8) is 0 Å². The molecule has 3 heterocycles. The van der Waals surface area contributed by atoms with E-state index in [9.17, 15) is 19.2 Å². The standard InChI is InChI=1S/C39H46N2O10/c1-8-17-46-31-23(4)18-39(51-25(6)43)30(31)33(48-24(5)42)38-21-47-37(7,36(39)50-35(45)27-12-10-16-41-20-27)32(38)28(22(2)3)13-14-29(38)49-34(44)26-11-9-15-40-19-26/h9-16,19-20,23,28-33,36H,2,8,17-18,21H2,1,3-7H3/t23-,28+,29+,30+,31-,32-,33+,36-,37+,38+,39+/m0/s1. The van der Waals surface area contributed by atoms with Gasteiger partial charge in [0.15, 0.2) is 11.7 Å². The van der Waals surface area contributed by atoms with Crippen molar-refractivity contribution in [2.24, 2.45) is 29.1 Å². The molecule has 272 valence electrons. The molecule has 0 aromatic carbocycles. The van der Waals surface area contributed by atoms with Gasteiger partial charge in [0.25, 0.3) is 0 Å². The van der Waals surface area contributed by atoms with Crippen molar-refractivity contribution in [3.8, 4) is 0 Å². The van der Waals surface area contributed by atoms with Crippen LogP contribution in [0.2, 0.25) is 0 Å². The number of fused-ring (bicyclic) bond motifs is 1. The van der Waals surface area contributed by atoms with Gasteiger partial charge in [-0.25, -0.2) is 9.59 Å². The first-order valence-corrected chi connectivity index (χ1v) is 17.5. The molecule has 0 N–H and O–H groups in total. The van der Waals surface area contributed by atoms with E-state index < -0.39 is 82.7 Å². The maximum atomic E-state index is 14.1. The molecule has 2 aromatic rings. The highest BCUT2D eigenvalue weighted by molar-refractivity contribution is 5.90. The summed E-state index contributed by atoms with van der Waals surface area (Å²) in [5.74, 6) is -4.80. The topological polar surface area (TPSA) is 149 Å². The van der Waals surface area contributed by atoms with Gasteiger partial charge in [0.05, 0.1) is 35.2 Å². The molecule has 1 saturated heterocycles. The van der Waals surface area contributed by atoms with Crippen LogP contribution >= 0.6 is 0 Å². The minimum Gasteiger partial charge on any atom is -0.461 e. The lowest BCUT2D eigenvalue weighted by Crippen LogP contribution is -2.64. The first-order chi connectivity index (χ1) is 24.3. The molecule has 2 saturated carbocycles. The van der Waals surface area contributed by atoms with Crippen molar-refractivity contribution < 1.29 is 47.6 Å². The van der Waals surface area contributed by atoms with Gasteiger partial charge in [0.1, 0.15) is 17.8 Å². The van der Waals surface area contributed by atoms with E-state index in [-0.39, 0.29) is 30.1 Å². The summed E-state index contributed by atoms with van der Waals surface area (Å²) in [5.41, 5.74) is -3.13. The average Bonchev–Trinajstić information content (AvgIpc) is 3.55. The summed E-state index contributed by atoms with van der Waals surface area (Å²) in [5, 5.41) is 0. The maximum absolute atomic E-state index is 14.1. The van der Waals surface area contributed by atoms with Crippen LogP contribution in [0.4, 0.5) is 0 Å². The highest BCUT2D eigenvalue weighted by Crippen LogP contribution is 2.68. The predicted octanol–water partition coefficient (Wildman–Crippen LogP) is 5.08. The number of carbonyl (C=O) groups excluding carboxylic acids is 4. The number of pyridine rings is 2. The molecule has 51 heavy (non-hydrogen) atoms. The summed E-state index contributed by atoms with van der Waals surface area (Å²) in [6.07, 6.45) is 6.51. The first kappa shape index (κ1) is 36.4. The Balaban J connectivity index is 1.64. The van der Waals surface area contributed by atoms with Gasteiger partial charge in [-0.2, -0.15) is 0 Å². The molecule has 0 unspecified atom stereocenters. The Bertz CT molecular complexity index is 1700. The summed E-state index contributed by atoms with van der Waals surface area (Å²) in [4.78, 5) is 62.8. The minimum absolute atomic E-state index is 0.0618. The van der Waals surface area contributed by atoms with Gasteiger partial charge in [-0.1, -0.05) is 32.1 Å². The van der Waals surface area contributed by atoms with E-state index in [2.05, 4.69) is 16.5 Å². The molecular weight excluding hydrogens is 656 g/mol. The third kappa shape index (κ3) is 6.05. The van der Waals surface area contributed by atoms with E-state index in [1.807, 2.05) is 33.8 Å². The van der Waals surface area contributed by atoms with Gasteiger partial charge in [-0.05, 0) is 62.9 Å². The Morgan fingerprint density at radius 3 is 2.14 bits per heavy atom. The second kappa shape index (κ2) is 14.0. The fourth-order valence-corrected chi connectivity index (χ4v) is 9.49. The molecule has 12 heteroatoms. The van der Waals surface area contributed by atoms with Gasteiger partial charge in [0.2, 0.25) is 0 Å². The van der Waals surface area contributed by atoms with Crippen molar-refractivity contribution in [2.75, 3.05) is 13.2 Å². The number of ether oxygens (including phenoxy) is 6. The molecule has 6 rings (SSSR count). The van der Waals surface area contributed by atoms with Crippen molar-refractivity contribution in [2.45, 2.75) is 90.0 Å². The van der Waals surface area contributed by atoms with Gasteiger partial charge < -0.3 is 28.4 Å². The van der Waals surface area contributed by atoms with Crippen LogP contribution in [0.15, 0.2) is 73.4 Å². The molecular formula is C39H46N2O10. The van der Waals surface area contributed by atoms with Crippen LogP contribution in [-0.4, -0.2) is 82.7 Å². The Labute approximate surface area is 297 Å². The quantitative estimate of drug-likeness (QED) is 0.185. The lowest BCUT2D eigenvalue weighted by atomic mass is 9.55. The number of hydrogen-bond acceptors (Lipinski definition) is 12. The van der Waals surface area contributed by atoms with Crippen molar-refractivity contribution in [1.82, 2.24) is 9.97 Å². The normalized spacial score (nSPS) is 36.2. The minimum atomic E-state index is -1.61. The molecule has 3 fully saturated rings. The predicted molar refractivity (Wildman–Crippen MR) is 182 cm³/mol. The Hall–Kier alpha value is -4.42. The molecule has 1 aliphatic heterocycles. The van der Waals surface area contributed by atoms with E-state index in [4.69, 9.17) is 28.4 Å². The smallest absolute Gasteiger partial charge is 0.340 e. The Kier molecular flexibility index (Phi) is 9.95. The lowest BCUT2D eigenvalue weighted by Gasteiger charge is -2.51. The summed E-state index contributed by atoms with van der Waals surface area (Å²) in [6.45, 7) is 14.9. The fraction of sp³-hybridized carbons (Fsp3) is 0.538. The fourth-order valence-electron chi connectivity index (χ4n) is 9.49. The maximum Gasteiger partial charge on any atom is 0.340 e. The average molecular weight is 703 g/mol. The zero-order chi connectivity index (χ0) is 36.7. The SMILES string of the molecule is C=C(C)[C@H]1C=C[C@@H](OC(=O)c2cccnc2)[C@@]23CO[C@@](C)([C@H](OC(=O)c4cccnc4)[C@@]4(OC(C)=O)C[C@H](C)[C@H](OCCC)[C@@H]4[C@H]2OC(C)=O)[C@H]13. The second-order valence-electron chi connectivity index (χ2n) is 14.5. The number of hydrogen-bond donors (Lipinski definition) is 0. The van der Waals surface area contributed by atoms with E-state index in [0.717, 1.165) is 5.57 Å². The zero-order valence-corrected chi connectivity index (χ0v) is 29.9. The Morgan fingerprint density at radius 2 is 1.59 bits per heavy atom. The zero-order valence-electron chi connectivity index (χ0n) is 29.9. The lowest BCUT2D eigenvalue weighted by molar-refractivity contribution is -0.239. The van der Waals surface area contributed by atoms with Gasteiger partial charge in [-0.15, -0.1) is 0 Å². The molecule has 2 bridgehead atoms. The molecule has 0 spiro atoms. The number of aromatic nitrogens is 2. The summed E-state index contributed by atoms with van der Waals surface area (Å²) >= 11 is 0. The molecule has 0 amide bonds. The first-order valence-electron chi connectivity index (χ1n) is 17.5. The van der Waals surface area contributed by atoms with Crippen LogP contribution in [0.3, 0.4) is 0 Å². The molecule has 0 radical (unpaired) electrons. The van der Waals surface area contributed by atoms with Crippen LogP contribution in [0.25, 0.3) is 0 Å². The number of esters is 4. The monoisotopic (exact) mass is 702 g/mol. The molecule has 3 aliphatic carbocycles. The largest absolute Gasteiger partial charge is 0.461 e. The van der Waals surface area contributed by atoms with Crippen LogP contribution < -0.4 is 0 Å².